The van der Waals surface area contributed by atoms with E-state index in [1.807, 2.05) is 0 Å². The van der Waals surface area contributed by atoms with Gasteiger partial charge in [0, 0.05) is 24.0 Å². The SMILES string of the molecule is CC(C)Cc1c(N)noc1-c1c[nH]ccc1=O. The van der Waals surface area contributed by atoms with E-state index in [9.17, 15) is 4.79 Å². The third kappa shape index (κ3) is 2.22. The average Bonchev–Trinajstić information content (AvgIpc) is 2.61. The second-order valence-electron chi connectivity index (χ2n) is 4.40. The number of rotatable bonds is 3. The van der Waals surface area contributed by atoms with E-state index in [4.69, 9.17) is 10.3 Å². The second-order valence-corrected chi connectivity index (χ2v) is 4.40. The molecule has 0 atom stereocenters. The zero-order valence-electron chi connectivity index (χ0n) is 9.86. The summed E-state index contributed by atoms with van der Waals surface area (Å²) < 4.78 is 5.17. The molecule has 2 aromatic rings. The minimum atomic E-state index is -0.107. The van der Waals surface area contributed by atoms with E-state index in [0.717, 1.165) is 12.0 Å². The number of hydrogen-bond donors (Lipinski definition) is 2. The summed E-state index contributed by atoms with van der Waals surface area (Å²) in [6.07, 6.45) is 3.92. The van der Waals surface area contributed by atoms with Crippen LogP contribution in [0.15, 0.2) is 27.8 Å². The Morgan fingerprint density at radius 2 is 2.29 bits per heavy atom. The Morgan fingerprint density at radius 1 is 1.53 bits per heavy atom. The van der Waals surface area contributed by atoms with Gasteiger partial charge >= 0.3 is 0 Å². The highest BCUT2D eigenvalue weighted by Gasteiger charge is 2.18. The number of aromatic amines is 1. The van der Waals surface area contributed by atoms with Crippen molar-refractivity contribution in [1.29, 1.82) is 0 Å². The van der Waals surface area contributed by atoms with Crippen molar-refractivity contribution >= 4 is 5.82 Å². The molecule has 0 amide bonds. The van der Waals surface area contributed by atoms with Crippen LogP contribution in [0.1, 0.15) is 19.4 Å². The largest absolute Gasteiger partial charge is 0.381 e. The molecule has 5 heteroatoms. The standard InChI is InChI=1S/C12H15N3O2/c1-7(2)5-8-11(17-15-12(8)13)9-6-14-4-3-10(9)16/h3-4,6-7H,5H2,1-2H3,(H2,13,15)(H,14,16). The maximum Gasteiger partial charge on any atom is 0.192 e. The molecule has 2 rings (SSSR count). The lowest BCUT2D eigenvalue weighted by molar-refractivity contribution is 0.434. The van der Waals surface area contributed by atoms with Crippen LogP contribution in [-0.2, 0) is 6.42 Å². The van der Waals surface area contributed by atoms with Gasteiger partial charge in [-0.2, -0.15) is 0 Å². The number of hydrogen-bond acceptors (Lipinski definition) is 4. The van der Waals surface area contributed by atoms with Crippen LogP contribution in [0.5, 0.6) is 0 Å². The molecule has 2 aromatic heterocycles. The first-order valence-corrected chi connectivity index (χ1v) is 5.51. The van der Waals surface area contributed by atoms with E-state index >= 15 is 0 Å². The van der Waals surface area contributed by atoms with Gasteiger partial charge in [0.15, 0.2) is 17.0 Å². The van der Waals surface area contributed by atoms with E-state index in [1.54, 1.807) is 12.4 Å². The molecule has 2 heterocycles. The van der Waals surface area contributed by atoms with Crippen molar-refractivity contribution in [3.05, 3.63) is 34.2 Å². The van der Waals surface area contributed by atoms with Crippen molar-refractivity contribution in [2.24, 2.45) is 5.92 Å². The quantitative estimate of drug-likeness (QED) is 0.846. The molecule has 0 unspecified atom stereocenters. The minimum Gasteiger partial charge on any atom is -0.381 e. The van der Waals surface area contributed by atoms with Gasteiger partial charge in [-0.05, 0) is 12.3 Å². The molecular weight excluding hydrogens is 218 g/mol. The van der Waals surface area contributed by atoms with Gasteiger partial charge in [-0.15, -0.1) is 0 Å². The molecule has 17 heavy (non-hydrogen) atoms. The molecule has 0 radical (unpaired) electrons. The number of nitrogens with two attached hydrogens (primary N) is 1. The highest BCUT2D eigenvalue weighted by atomic mass is 16.5. The second kappa shape index (κ2) is 4.45. The molecule has 0 aromatic carbocycles. The Morgan fingerprint density at radius 3 is 2.94 bits per heavy atom. The van der Waals surface area contributed by atoms with E-state index in [1.165, 1.54) is 6.07 Å². The summed E-state index contributed by atoms with van der Waals surface area (Å²) in [4.78, 5) is 14.6. The molecule has 0 bridgehead atoms. The summed E-state index contributed by atoms with van der Waals surface area (Å²) in [5.41, 5.74) is 6.92. The predicted molar refractivity (Wildman–Crippen MR) is 65.5 cm³/mol. The molecule has 0 aliphatic carbocycles. The Kier molecular flexibility index (Phi) is 2.99. The van der Waals surface area contributed by atoms with Crippen molar-refractivity contribution in [2.45, 2.75) is 20.3 Å². The van der Waals surface area contributed by atoms with Gasteiger partial charge in [0.25, 0.3) is 0 Å². The van der Waals surface area contributed by atoms with Crippen LogP contribution in [0.3, 0.4) is 0 Å². The Balaban J connectivity index is 2.53. The van der Waals surface area contributed by atoms with Crippen molar-refractivity contribution in [3.8, 4) is 11.3 Å². The van der Waals surface area contributed by atoms with Gasteiger partial charge < -0.3 is 15.2 Å². The maximum absolute atomic E-state index is 11.7. The highest BCUT2D eigenvalue weighted by Crippen LogP contribution is 2.27. The summed E-state index contributed by atoms with van der Waals surface area (Å²) in [7, 11) is 0. The molecule has 0 aliphatic heterocycles. The molecule has 0 spiro atoms. The number of nitrogens with one attached hydrogen (secondary N) is 1. The third-order valence-corrected chi connectivity index (χ3v) is 2.50. The Hall–Kier alpha value is -2.04. The topological polar surface area (TPSA) is 84.9 Å². The van der Waals surface area contributed by atoms with Crippen LogP contribution in [0.2, 0.25) is 0 Å². The summed E-state index contributed by atoms with van der Waals surface area (Å²) in [5, 5.41) is 3.74. The number of H-pyrrole nitrogens is 1. The summed E-state index contributed by atoms with van der Waals surface area (Å²) >= 11 is 0. The molecule has 90 valence electrons. The van der Waals surface area contributed by atoms with Crippen molar-refractivity contribution in [2.75, 3.05) is 5.73 Å². The summed E-state index contributed by atoms with van der Waals surface area (Å²) in [6, 6.07) is 1.45. The van der Waals surface area contributed by atoms with E-state index in [0.29, 0.717) is 23.1 Å². The molecule has 0 saturated heterocycles. The zero-order valence-corrected chi connectivity index (χ0v) is 9.86. The van der Waals surface area contributed by atoms with Gasteiger partial charge in [-0.25, -0.2) is 0 Å². The Bertz CT molecular complexity index is 569. The first-order valence-electron chi connectivity index (χ1n) is 5.51. The first-order chi connectivity index (χ1) is 8.09. The normalized spacial score (nSPS) is 11.0. The van der Waals surface area contributed by atoms with E-state index in [-0.39, 0.29) is 5.43 Å². The van der Waals surface area contributed by atoms with E-state index < -0.39 is 0 Å². The van der Waals surface area contributed by atoms with Crippen LogP contribution in [-0.4, -0.2) is 10.1 Å². The van der Waals surface area contributed by atoms with Gasteiger partial charge in [-0.1, -0.05) is 19.0 Å². The highest BCUT2D eigenvalue weighted by molar-refractivity contribution is 5.65. The third-order valence-electron chi connectivity index (χ3n) is 2.50. The van der Waals surface area contributed by atoms with Crippen LogP contribution in [0, 0.1) is 5.92 Å². The van der Waals surface area contributed by atoms with E-state index in [2.05, 4.69) is 24.0 Å². The van der Waals surface area contributed by atoms with Crippen LogP contribution in [0.4, 0.5) is 5.82 Å². The number of nitrogens with zero attached hydrogens (tertiary/aromatic N) is 1. The first kappa shape index (κ1) is 11.4. The summed E-state index contributed by atoms with van der Waals surface area (Å²) in [6.45, 7) is 4.15. The fraction of sp³-hybridized carbons (Fsp3) is 0.333. The van der Waals surface area contributed by atoms with Crippen LogP contribution in [0.25, 0.3) is 11.3 Å². The smallest absolute Gasteiger partial charge is 0.192 e. The van der Waals surface area contributed by atoms with Gasteiger partial charge in [0.05, 0.1) is 5.56 Å². The van der Waals surface area contributed by atoms with Crippen molar-refractivity contribution < 1.29 is 4.52 Å². The summed E-state index contributed by atoms with van der Waals surface area (Å²) in [5.74, 6) is 1.24. The lowest BCUT2D eigenvalue weighted by Gasteiger charge is -2.04. The Labute approximate surface area is 98.6 Å². The van der Waals surface area contributed by atoms with Gasteiger partial charge in [0.2, 0.25) is 0 Å². The molecular formula is C12H15N3O2. The van der Waals surface area contributed by atoms with Gasteiger partial charge in [0.1, 0.15) is 0 Å². The molecule has 0 saturated carbocycles. The molecule has 0 fully saturated rings. The predicted octanol–water partition coefficient (Wildman–Crippen LogP) is 1.81. The van der Waals surface area contributed by atoms with Crippen LogP contribution < -0.4 is 11.2 Å². The number of anilines is 1. The lowest BCUT2D eigenvalue weighted by Crippen LogP contribution is -2.05. The van der Waals surface area contributed by atoms with Crippen molar-refractivity contribution in [3.63, 3.8) is 0 Å². The van der Waals surface area contributed by atoms with Crippen LogP contribution >= 0.6 is 0 Å². The fourth-order valence-electron chi connectivity index (χ4n) is 1.73. The molecule has 0 aliphatic rings. The van der Waals surface area contributed by atoms with Gasteiger partial charge in [-0.3, -0.25) is 4.79 Å². The maximum atomic E-state index is 11.7. The fourth-order valence-corrected chi connectivity index (χ4v) is 1.73. The monoisotopic (exact) mass is 233 g/mol. The average molecular weight is 233 g/mol. The van der Waals surface area contributed by atoms with Crippen molar-refractivity contribution in [1.82, 2.24) is 10.1 Å². The number of nitrogen functional groups attached to an aromatic ring is 1. The minimum absolute atomic E-state index is 0.107. The number of aromatic nitrogens is 2. The lowest BCUT2D eigenvalue weighted by atomic mass is 10.0. The number of pyridine rings is 1. The molecule has 3 N–H and O–H groups in total. The molecule has 5 nitrogen and oxygen atoms in total. The zero-order chi connectivity index (χ0) is 12.4.